The fraction of sp³-hybridized carbons (Fsp3) is 0.625. The van der Waals surface area contributed by atoms with Gasteiger partial charge in [0.15, 0.2) is 0 Å². The molecule has 1 aliphatic heterocycles. The molecule has 1 fully saturated rings. The third kappa shape index (κ3) is 4.17. The molecule has 1 N–H and O–H groups in total. The highest BCUT2D eigenvalue weighted by Crippen LogP contribution is 2.27. The SMILES string of the molecule is Cc1ccc([N+](=O)[O-])c(NC2CCCN(C(C)C)CC2)c1. The van der Waals surface area contributed by atoms with E-state index in [1.807, 2.05) is 13.0 Å². The normalized spacial score (nSPS) is 20.3. The van der Waals surface area contributed by atoms with Crippen molar-refractivity contribution in [2.45, 2.75) is 52.1 Å². The second-order valence-corrected chi connectivity index (χ2v) is 6.18. The summed E-state index contributed by atoms with van der Waals surface area (Å²) in [6, 6.07) is 6.14. The van der Waals surface area contributed by atoms with Crippen molar-refractivity contribution in [1.82, 2.24) is 4.90 Å². The molecule has 1 unspecified atom stereocenters. The summed E-state index contributed by atoms with van der Waals surface area (Å²) in [6.45, 7) is 8.57. The monoisotopic (exact) mass is 291 g/mol. The molecule has 1 atom stereocenters. The summed E-state index contributed by atoms with van der Waals surface area (Å²) >= 11 is 0. The molecule has 5 nitrogen and oxygen atoms in total. The van der Waals surface area contributed by atoms with Crippen LogP contribution in [-0.2, 0) is 0 Å². The van der Waals surface area contributed by atoms with E-state index in [0.717, 1.165) is 37.9 Å². The number of rotatable bonds is 4. The average Bonchev–Trinajstić information content (AvgIpc) is 2.64. The van der Waals surface area contributed by atoms with Gasteiger partial charge in [-0.1, -0.05) is 6.07 Å². The van der Waals surface area contributed by atoms with Crippen LogP contribution in [0.1, 0.15) is 38.7 Å². The quantitative estimate of drug-likeness (QED) is 0.680. The van der Waals surface area contributed by atoms with Crippen molar-refractivity contribution in [2.75, 3.05) is 18.4 Å². The van der Waals surface area contributed by atoms with Gasteiger partial charge in [0.2, 0.25) is 0 Å². The van der Waals surface area contributed by atoms with Gasteiger partial charge in [-0.25, -0.2) is 0 Å². The maximum Gasteiger partial charge on any atom is 0.292 e. The number of hydrogen-bond donors (Lipinski definition) is 1. The Morgan fingerprint density at radius 1 is 1.33 bits per heavy atom. The average molecular weight is 291 g/mol. The van der Waals surface area contributed by atoms with Crippen molar-refractivity contribution in [3.8, 4) is 0 Å². The van der Waals surface area contributed by atoms with E-state index in [0.29, 0.717) is 17.8 Å². The molecule has 1 aliphatic rings. The maximum absolute atomic E-state index is 11.1. The lowest BCUT2D eigenvalue weighted by Gasteiger charge is -2.24. The van der Waals surface area contributed by atoms with E-state index in [-0.39, 0.29) is 10.6 Å². The Hall–Kier alpha value is -1.62. The molecule has 5 heteroatoms. The predicted molar refractivity (Wildman–Crippen MR) is 85.8 cm³/mol. The number of nitrogens with zero attached hydrogens (tertiary/aromatic N) is 2. The first-order chi connectivity index (χ1) is 9.97. The fourth-order valence-corrected chi connectivity index (χ4v) is 2.92. The molecule has 2 rings (SSSR count). The van der Waals surface area contributed by atoms with Gasteiger partial charge in [0.05, 0.1) is 4.92 Å². The van der Waals surface area contributed by atoms with Crippen LogP contribution in [0.15, 0.2) is 18.2 Å². The van der Waals surface area contributed by atoms with Gasteiger partial charge in [-0.3, -0.25) is 10.1 Å². The molecule has 1 aromatic rings. The summed E-state index contributed by atoms with van der Waals surface area (Å²) in [4.78, 5) is 13.3. The number of nitro groups is 1. The molecule has 0 saturated carbocycles. The van der Waals surface area contributed by atoms with Crippen LogP contribution in [0.25, 0.3) is 0 Å². The summed E-state index contributed by atoms with van der Waals surface area (Å²) in [7, 11) is 0. The number of likely N-dealkylation sites (tertiary alicyclic amines) is 1. The minimum Gasteiger partial charge on any atom is -0.377 e. The standard InChI is InChI=1S/C16H25N3O2/c1-12(2)18-9-4-5-14(8-10-18)17-15-11-13(3)6-7-16(15)19(20)21/h6-7,11-12,14,17H,4-5,8-10H2,1-3H3. The van der Waals surface area contributed by atoms with Gasteiger partial charge in [-0.05, 0) is 58.2 Å². The molecular formula is C16H25N3O2. The van der Waals surface area contributed by atoms with Crippen molar-refractivity contribution in [3.63, 3.8) is 0 Å². The zero-order valence-corrected chi connectivity index (χ0v) is 13.1. The van der Waals surface area contributed by atoms with Crippen LogP contribution in [0.4, 0.5) is 11.4 Å². The van der Waals surface area contributed by atoms with Gasteiger partial charge in [0.1, 0.15) is 5.69 Å². The molecule has 0 bridgehead atoms. The Morgan fingerprint density at radius 2 is 2.10 bits per heavy atom. The van der Waals surface area contributed by atoms with E-state index in [1.54, 1.807) is 12.1 Å². The lowest BCUT2D eigenvalue weighted by Crippen LogP contribution is -2.32. The van der Waals surface area contributed by atoms with Crippen molar-refractivity contribution >= 4 is 11.4 Å². The van der Waals surface area contributed by atoms with Crippen LogP contribution in [0.2, 0.25) is 0 Å². The minimum absolute atomic E-state index is 0.172. The van der Waals surface area contributed by atoms with Crippen molar-refractivity contribution in [3.05, 3.63) is 33.9 Å². The van der Waals surface area contributed by atoms with Gasteiger partial charge < -0.3 is 10.2 Å². The first-order valence-electron chi connectivity index (χ1n) is 7.73. The van der Waals surface area contributed by atoms with Gasteiger partial charge >= 0.3 is 0 Å². The number of benzene rings is 1. The van der Waals surface area contributed by atoms with Crippen molar-refractivity contribution < 1.29 is 4.92 Å². The zero-order chi connectivity index (χ0) is 15.4. The maximum atomic E-state index is 11.1. The number of hydrogen-bond acceptors (Lipinski definition) is 4. The van der Waals surface area contributed by atoms with E-state index >= 15 is 0 Å². The summed E-state index contributed by atoms with van der Waals surface area (Å²) in [5.74, 6) is 0. The highest BCUT2D eigenvalue weighted by atomic mass is 16.6. The molecule has 21 heavy (non-hydrogen) atoms. The highest BCUT2D eigenvalue weighted by molar-refractivity contribution is 5.63. The molecule has 1 aromatic carbocycles. The fourth-order valence-electron chi connectivity index (χ4n) is 2.92. The molecule has 0 spiro atoms. The summed E-state index contributed by atoms with van der Waals surface area (Å²) < 4.78 is 0. The Balaban J connectivity index is 2.08. The van der Waals surface area contributed by atoms with Crippen molar-refractivity contribution in [1.29, 1.82) is 0 Å². The summed E-state index contributed by atoms with van der Waals surface area (Å²) in [5.41, 5.74) is 1.87. The minimum atomic E-state index is -0.307. The highest BCUT2D eigenvalue weighted by Gasteiger charge is 2.21. The summed E-state index contributed by atoms with van der Waals surface area (Å²) in [5, 5.41) is 14.5. The van der Waals surface area contributed by atoms with E-state index in [1.165, 1.54) is 0 Å². The third-order valence-corrected chi connectivity index (χ3v) is 4.20. The van der Waals surface area contributed by atoms with Crippen LogP contribution >= 0.6 is 0 Å². The Morgan fingerprint density at radius 3 is 2.76 bits per heavy atom. The molecule has 0 aromatic heterocycles. The van der Waals surface area contributed by atoms with Crippen LogP contribution in [0, 0.1) is 17.0 Å². The number of nitrogens with one attached hydrogen (secondary N) is 1. The molecule has 0 radical (unpaired) electrons. The number of aryl methyl sites for hydroxylation is 1. The largest absolute Gasteiger partial charge is 0.377 e. The molecule has 0 amide bonds. The lowest BCUT2D eigenvalue weighted by molar-refractivity contribution is -0.384. The molecular weight excluding hydrogens is 266 g/mol. The van der Waals surface area contributed by atoms with Crippen molar-refractivity contribution in [2.24, 2.45) is 0 Å². The van der Waals surface area contributed by atoms with Gasteiger partial charge in [0, 0.05) is 24.7 Å². The van der Waals surface area contributed by atoms with Crippen LogP contribution in [-0.4, -0.2) is 35.0 Å². The van der Waals surface area contributed by atoms with E-state index in [4.69, 9.17) is 0 Å². The predicted octanol–water partition coefficient (Wildman–Crippen LogP) is 3.58. The van der Waals surface area contributed by atoms with Crippen LogP contribution < -0.4 is 5.32 Å². The topological polar surface area (TPSA) is 58.4 Å². The van der Waals surface area contributed by atoms with E-state index in [2.05, 4.69) is 24.1 Å². The van der Waals surface area contributed by atoms with E-state index < -0.39 is 0 Å². The summed E-state index contributed by atoms with van der Waals surface area (Å²) in [6.07, 6.45) is 3.23. The van der Waals surface area contributed by atoms with Gasteiger partial charge in [-0.15, -0.1) is 0 Å². The number of anilines is 1. The molecule has 0 aliphatic carbocycles. The van der Waals surface area contributed by atoms with Gasteiger partial charge in [-0.2, -0.15) is 0 Å². The molecule has 1 saturated heterocycles. The van der Waals surface area contributed by atoms with E-state index in [9.17, 15) is 10.1 Å². The Labute approximate surface area is 126 Å². The molecule has 116 valence electrons. The first-order valence-corrected chi connectivity index (χ1v) is 7.73. The smallest absolute Gasteiger partial charge is 0.292 e. The second kappa shape index (κ2) is 6.89. The van der Waals surface area contributed by atoms with Crippen LogP contribution in [0.5, 0.6) is 0 Å². The Kier molecular flexibility index (Phi) is 5.17. The van der Waals surface area contributed by atoms with Gasteiger partial charge in [0.25, 0.3) is 5.69 Å². The molecule has 1 heterocycles. The third-order valence-electron chi connectivity index (χ3n) is 4.20. The van der Waals surface area contributed by atoms with Crippen LogP contribution in [0.3, 0.4) is 0 Å². The first kappa shape index (κ1) is 15.8. The lowest BCUT2D eigenvalue weighted by atomic mass is 10.1. The second-order valence-electron chi connectivity index (χ2n) is 6.18. The zero-order valence-electron chi connectivity index (χ0n) is 13.1. The number of nitro benzene ring substituents is 1. The Bertz CT molecular complexity index is 502.